The molecule has 0 heterocycles. The van der Waals surface area contributed by atoms with Crippen molar-refractivity contribution in [2.75, 3.05) is 27.2 Å². The van der Waals surface area contributed by atoms with Crippen molar-refractivity contribution in [3.05, 3.63) is 0 Å². The predicted octanol–water partition coefficient (Wildman–Crippen LogP) is 8.34. The first-order valence-electron chi connectivity index (χ1n) is 16.6. The number of nitrogens with zero attached hydrogens (tertiary/aromatic N) is 1. The van der Waals surface area contributed by atoms with Crippen LogP contribution >= 0.6 is 0 Å². The molecule has 0 aliphatic carbocycles. The Morgan fingerprint density at radius 3 is 1.35 bits per heavy atom. The van der Waals surface area contributed by atoms with Gasteiger partial charge in [-0.2, -0.15) is 0 Å². The number of unbranched alkanes of at least 4 members (excludes halogenated alkanes) is 22. The average Bonchev–Trinajstić information content (AvgIpc) is 2.84. The van der Waals surface area contributed by atoms with Crippen molar-refractivity contribution in [1.82, 2.24) is 0 Å². The minimum absolute atomic E-state index is 0.158. The molecule has 0 aromatic heterocycles. The summed E-state index contributed by atoms with van der Waals surface area (Å²) in [6, 6.07) is 0. The highest BCUT2D eigenvalue weighted by molar-refractivity contribution is 5.64. The molecule has 0 spiro atoms. The van der Waals surface area contributed by atoms with Crippen LogP contribution in [0.3, 0.4) is 0 Å². The number of carbonyl (C=O) groups excluding carboxylic acids is 1. The molecule has 0 saturated heterocycles. The molecule has 0 bridgehead atoms. The van der Waals surface area contributed by atoms with Gasteiger partial charge in [-0.15, -0.1) is 0 Å². The van der Waals surface area contributed by atoms with Gasteiger partial charge >= 0.3 is 0 Å². The lowest BCUT2D eigenvalue weighted by Gasteiger charge is -2.32. The van der Waals surface area contributed by atoms with E-state index in [4.69, 9.17) is 0 Å². The van der Waals surface area contributed by atoms with E-state index >= 15 is 0 Å². The third kappa shape index (κ3) is 29.8. The van der Waals surface area contributed by atoms with E-state index in [1.807, 2.05) is 0 Å². The van der Waals surface area contributed by atoms with E-state index < -0.39 is 5.97 Å². The molecule has 0 aromatic rings. The Morgan fingerprint density at radius 1 is 0.595 bits per heavy atom. The van der Waals surface area contributed by atoms with Gasteiger partial charge in [0.25, 0.3) is 0 Å². The van der Waals surface area contributed by atoms with Gasteiger partial charge in [-0.25, -0.2) is 0 Å². The number of likely N-dealkylation sites (N-methyl/N-ethyl adjacent to an activating group) is 1. The first-order valence-corrected chi connectivity index (χ1v) is 16.6. The van der Waals surface area contributed by atoms with Crippen molar-refractivity contribution in [3.8, 4) is 0 Å². The lowest BCUT2D eigenvalue weighted by molar-refractivity contribution is -0.893. The monoisotopic (exact) mass is 526 g/mol. The van der Waals surface area contributed by atoms with E-state index in [1.54, 1.807) is 0 Å². The van der Waals surface area contributed by atoms with Crippen LogP contribution in [0.1, 0.15) is 174 Å². The summed E-state index contributed by atoms with van der Waals surface area (Å²) >= 11 is 0. The Kier molecular flexibility index (Phi) is 26.5. The molecule has 0 amide bonds. The molecule has 0 rings (SSSR count). The third-order valence-electron chi connectivity index (χ3n) is 7.99. The number of hydrogen-bond donors (Lipinski definition) is 1. The second-order valence-electron chi connectivity index (χ2n) is 12.5. The van der Waals surface area contributed by atoms with Gasteiger partial charge in [0.15, 0.2) is 0 Å². The van der Waals surface area contributed by atoms with Crippen molar-refractivity contribution in [1.29, 1.82) is 0 Å². The molecular weight excluding hydrogens is 458 g/mol. The summed E-state index contributed by atoms with van der Waals surface area (Å²) in [6.45, 7) is 4.32. The fourth-order valence-corrected chi connectivity index (χ4v) is 5.55. The van der Waals surface area contributed by atoms with Gasteiger partial charge in [0, 0.05) is 5.97 Å². The normalized spacial score (nSPS) is 12.8. The zero-order valence-electron chi connectivity index (χ0n) is 25.6. The number of aliphatic carboxylic acids is 1. The molecule has 0 radical (unpaired) electrons. The topological polar surface area (TPSA) is 60.4 Å². The number of hydrogen-bond acceptors (Lipinski definition) is 3. The Hall–Kier alpha value is -0.610. The summed E-state index contributed by atoms with van der Waals surface area (Å²) in [5.41, 5.74) is 0. The molecular formula is C33H67NO3. The molecule has 0 aromatic carbocycles. The molecule has 0 fully saturated rings. The van der Waals surface area contributed by atoms with E-state index in [2.05, 4.69) is 21.0 Å². The molecule has 4 heteroatoms. The van der Waals surface area contributed by atoms with Crippen LogP contribution in [0.4, 0.5) is 0 Å². The van der Waals surface area contributed by atoms with Gasteiger partial charge in [0.1, 0.15) is 12.6 Å². The van der Waals surface area contributed by atoms with Crippen molar-refractivity contribution in [2.24, 2.45) is 0 Å². The van der Waals surface area contributed by atoms with Gasteiger partial charge < -0.3 is 19.5 Å². The van der Waals surface area contributed by atoms with E-state index in [0.29, 0.717) is 0 Å². The highest BCUT2D eigenvalue weighted by Gasteiger charge is 2.19. The lowest BCUT2D eigenvalue weighted by Crippen LogP contribution is -2.45. The highest BCUT2D eigenvalue weighted by atomic mass is 16.4. The smallest absolute Gasteiger partial charge is 0.105 e. The molecule has 1 N–H and O–H groups in total. The number of aliphatic hydroxyl groups excluding tert-OH is 1. The molecule has 4 nitrogen and oxygen atoms in total. The maximum absolute atomic E-state index is 10.5. The SMILES string of the molecule is CCCCCCCCCCCCCCCCCC(O)C[N+](C)(C)CCCCCCCCCCCC(=O)[O-]. The van der Waals surface area contributed by atoms with Gasteiger partial charge in [-0.3, -0.25) is 0 Å². The van der Waals surface area contributed by atoms with E-state index in [0.717, 1.165) is 43.3 Å². The second kappa shape index (κ2) is 27.0. The number of quaternary nitrogens is 1. The Morgan fingerprint density at radius 2 is 0.946 bits per heavy atom. The zero-order chi connectivity index (χ0) is 27.5. The van der Waals surface area contributed by atoms with E-state index in [9.17, 15) is 15.0 Å². The molecule has 37 heavy (non-hydrogen) atoms. The van der Waals surface area contributed by atoms with E-state index in [1.165, 1.54) is 135 Å². The number of aliphatic hydroxyl groups is 1. The number of carboxylic acids is 1. The van der Waals surface area contributed by atoms with Crippen molar-refractivity contribution >= 4 is 5.97 Å². The third-order valence-corrected chi connectivity index (χ3v) is 7.99. The maximum Gasteiger partial charge on any atom is 0.105 e. The van der Waals surface area contributed by atoms with Crippen molar-refractivity contribution < 1.29 is 19.5 Å². The standard InChI is InChI=1S/C33H67NO3/c1-4-5-6-7-8-9-10-11-12-13-14-16-19-22-25-28-32(35)31-34(2,3)30-27-24-21-18-15-17-20-23-26-29-33(36)37/h32,35H,4-31H2,1-3H3. The average molecular weight is 526 g/mol. The lowest BCUT2D eigenvalue weighted by atomic mass is 10.0. The van der Waals surface area contributed by atoms with Crippen molar-refractivity contribution in [2.45, 2.75) is 180 Å². The second-order valence-corrected chi connectivity index (χ2v) is 12.5. The summed E-state index contributed by atoms with van der Waals surface area (Å²) in [7, 11) is 4.53. The molecule has 0 aliphatic heterocycles. The van der Waals surface area contributed by atoms with Gasteiger partial charge in [0.05, 0.1) is 20.6 Å². The van der Waals surface area contributed by atoms with Crippen LogP contribution in [-0.2, 0) is 4.79 Å². The quantitative estimate of drug-likeness (QED) is 0.0757. The Labute approximate surface area is 232 Å². The van der Waals surface area contributed by atoms with Crippen LogP contribution in [0.2, 0.25) is 0 Å². The van der Waals surface area contributed by atoms with Crippen LogP contribution < -0.4 is 5.11 Å². The number of rotatable bonds is 30. The van der Waals surface area contributed by atoms with Crippen LogP contribution in [-0.4, -0.2) is 48.8 Å². The summed E-state index contributed by atoms with van der Waals surface area (Å²) < 4.78 is 0.929. The summed E-state index contributed by atoms with van der Waals surface area (Å²) in [6.07, 6.45) is 32.3. The molecule has 0 aliphatic rings. The summed E-state index contributed by atoms with van der Waals surface area (Å²) in [5.74, 6) is -0.918. The molecule has 0 saturated carbocycles. The van der Waals surface area contributed by atoms with Crippen LogP contribution in [0.15, 0.2) is 0 Å². The Balaban J connectivity index is 3.43. The fourth-order valence-electron chi connectivity index (χ4n) is 5.55. The first kappa shape index (κ1) is 36.4. The fraction of sp³-hybridized carbons (Fsp3) is 0.970. The van der Waals surface area contributed by atoms with Crippen molar-refractivity contribution in [3.63, 3.8) is 0 Å². The number of carbonyl (C=O) groups is 1. The minimum atomic E-state index is -0.918. The van der Waals surface area contributed by atoms with Gasteiger partial charge in [-0.05, 0) is 32.1 Å². The largest absolute Gasteiger partial charge is 0.550 e. The number of carboxylic acid groups (broad SMARTS) is 1. The molecule has 222 valence electrons. The highest BCUT2D eigenvalue weighted by Crippen LogP contribution is 2.16. The minimum Gasteiger partial charge on any atom is -0.550 e. The predicted molar refractivity (Wildman–Crippen MR) is 159 cm³/mol. The maximum atomic E-state index is 10.5. The molecule has 1 atom stereocenters. The zero-order valence-corrected chi connectivity index (χ0v) is 25.6. The summed E-state index contributed by atoms with van der Waals surface area (Å²) in [5, 5.41) is 20.9. The van der Waals surface area contributed by atoms with Crippen LogP contribution in [0.5, 0.6) is 0 Å². The summed E-state index contributed by atoms with van der Waals surface area (Å²) in [4.78, 5) is 10.4. The van der Waals surface area contributed by atoms with Crippen LogP contribution in [0.25, 0.3) is 0 Å². The Bertz CT molecular complexity index is 480. The van der Waals surface area contributed by atoms with Crippen LogP contribution in [0, 0.1) is 0 Å². The molecule has 1 unspecified atom stereocenters. The van der Waals surface area contributed by atoms with Gasteiger partial charge in [-0.1, -0.05) is 142 Å². The van der Waals surface area contributed by atoms with Gasteiger partial charge in [0.2, 0.25) is 0 Å². The van der Waals surface area contributed by atoms with E-state index in [-0.39, 0.29) is 12.5 Å². The first-order chi connectivity index (χ1) is 17.9.